The first kappa shape index (κ1) is 49.2. The van der Waals surface area contributed by atoms with E-state index < -0.39 is 48.8 Å². The van der Waals surface area contributed by atoms with Crippen molar-refractivity contribution < 1.29 is 65.1 Å². The average molecular weight is 907 g/mol. The van der Waals surface area contributed by atoms with Gasteiger partial charge in [0, 0.05) is 36.6 Å². The number of nitrogen functional groups attached to an aromatic ring is 2. The van der Waals surface area contributed by atoms with E-state index >= 15 is 0 Å². The van der Waals surface area contributed by atoms with E-state index in [2.05, 4.69) is 0 Å². The molecule has 0 bridgehead atoms. The zero-order valence-electron chi connectivity index (χ0n) is 35.0. The van der Waals surface area contributed by atoms with Gasteiger partial charge in [-0.3, -0.25) is 0 Å². The number of aliphatic hydroxyl groups is 2. The number of esters is 2. The lowest BCUT2D eigenvalue weighted by molar-refractivity contribution is -0.177. The molecule has 6 N–H and O–H groups in total. The van der Waals surface area contributed by atoms with Gasteiger partial charge in [0.2, 0.25) is 0 Å². The molecule has 5 aromatic carbocycles. The number of nitrogens with two attached hydrogens (primary N) is 2. The van der Waals surface area contributed by atoms with E-state index in [9.17, 15) is 46.1 Å². The molecule has 0 saturated heterocycles. The van der Waals surface area contributed by atoms with Crippen molar-refractivity contribution in [3.05, 3.63) is 155 Å². The molecule has 5 aromatic rings. The monoisotopic (exact) mass is 906 g/mol. The van der Waals surface area contributed by atoms with Gasteiger partial charge in [-0.2, -0.15) is 26.3 Å². The van der Waals surface area contributed by atoms with Gasteiger partial charge in [-0.15, -0.1) is 0 Å². The Kier molecular flexibility index (Phi) is 17.2. The molecule has 1 atom stereocenters. The molecule has 65 heavy (non-hydrogen) atoms. The summed E-state index contributed by atoms with van der Waals surface area (Å²) >= 11 is 0. The Morgan fingerprint density at radius 2 is 1.02 bits per heavy atom. The summed E-state index contributed by atoms with van der Waals surface area (Å²) in [6.07, 6.45) is -3.29. The number of carbonyl (C=O) groups is 2. The summed E-state index contributed by atoms with van der Waals surface area (Å²) in [7, 11) is 0. The molecular weight excluding hydrogens is 859 g/mol. The summed E-state index contributed by atoms with van der Waals surface area (Å²) in [6.45, 7) is -0.215. The number of rotatable bonds is 21. The maximum absolute atomic E-state index is 12.7. The molecule has 0 aliphatic carbocycles. The van der Waals surface area contributed by atoms with Crippen molar-refractivity contribution in [2.45, 2.75) is 69.0 Å². The van der Waals surface area contributed by atoms with Gasteiger partial charge < -0.3 is 40.6 Å². The molecule has 0 heterocycles. The fourth-order valence-electron chi connectivity index (χ4n) is 6.46. The topological polar surface area (TPSA) is 164 Å². The van der Waals surface area contributed by atoms with Crippen molar-refractivity contribution in [2.75, 3.05) is 24.7 Å². The highest BCUT2D eigenvalue weighted by atomic mass is 19.4. The lowest BCUT2D eigenvalue weighted by atomic mass is 9.83. The van der Waals surface area contributed by atoms with Gasteiger partial charge in [0.05, 0.1) is 24.3 Å². The van der Waals surface area contributed by atoms with E-state index in [1.54, 1.807) is 78.9 Å². The second-order valence-electron chi connectivity index (χ2n) is 15.0. The van der Waals surface area contributed by atoms with Gasteiger partial charge in [0.1, 0.15) is 23.0 Å². The third kappa shape index (κ3) is 16.7. The summed E-state index contributed by atoms with van der Waals surface area (Å²) in [4.78, 5) is 25.5. The largest absolute Gasteiger partial charge is 0.494 e. The van der Waals surface area contributed by atoms with Crippen LogP contribution in [0, 0.1) is 0 Å². The fraction of sp³-hybridized carbons (Fsp3) is 0.265. The molecule has 5 rings (SSSR count). The van der Waals surface area contributed by atoms with Crippen molar-refractivity contribution in [3.8, 4) is 23.0 Å². The molecule has 16 heteroatoms. The SMILES string of the molecule is Nc1ccc(C(CC/C=C/c2ccc(C(=O)Oc3ccc(OCCCC(F)(F)F)cc3)cc2)C(O)(O)C/C=C/c2ccc(C(=O)Oc3ccc(OCCCC(F)(F)F)cc3)cc2)c(N)c1. The molecule has 0 radical (unpaired) electrons. The minimum atomic E-state index is -4.25. The Balaban J connectivity index is 1.12. The van der Waals surface area contributed by atoms with E-state index in [4.69, 9.17) is 30.4 Å². The molecule has 0 amide bonds. The molecule has 0 saturated carbocycles. The van der Waals surface area contributed by atoms with Crippen molar-refractivity contribution in [2.24, 2.45) is 0 Å². The number of hydrogen-bond donors (Lipinski definition) is 4. The zero-order chi connectivity index (χ0) is 47.0. The smallest absolute Gasteiger partial charge is 0.389 e. The van der Waals surface area contributed by atoms with Crippen LogP contribution in [0.2, 0.25) is 0 Å². The van der Waals surface area contributed by atoms with Gasteiger partial charge in [0.25, 0.3) is 0 Å². The average Bonchev–Trinajstić information content (AvgIpc) is 3.25. The van der Waals surface area contributed by atoms with Crippen LogP contribution in [0.3, 0.4) is 0 Å². The standard InChI is InChI=1S/C49H48F6N2O8/c50-48(51,52)28-4-30-62-38-18-22-40(23-19-38)64-45(58)35-13-9-33(10-14-35)6-1-2-8-43(42-26-17-37(56)32-44(42)57)47(60,61)27-3-7-34-11-15-36(16-12-34)46(59)65-41-24-20-39(21-25-41)63-31-5-29-49(53,54)55/h1,3,6-7,9-26,32,43,60-61H,2,4-5,8,27-31,56-57H2/b6-1+,7-3+. The molecular formula is C49H48F6N2O8. The third-order valence-corrected chi connectivity index (χ3v) is 9.81. The van der Waals surface area contributed by atoms with Gasteiger partial charge in [0.15, 0.2) is 5.79 Å². The van der Waals surface area contributed by atoms with E-state index in [-0.39, 0.29) is 61.5 Å². The molecule has 0 spiro atoms. The maximum Gasteiger partial charge on any atom is 0.389 e. The van der Waals surface area contributed by atoms with Crippen LogP contribution in [-0.4, -0.2) is 53.5 Å². The Labute approximate surface area is 371 Å². The van der Waals surface area contributed by atoms with Gasteiger partial charge >= 0.3 is 24.3 Å². The summed E-state index contributed by atoms with van der Waals surface area (Å²) in [5, 5.41) is 22.9. The quantitative estimate of drug-likeness (QED) is 0.0139. The lowest BCUT2D eigenvalue weighted by Crippen LogP contribution is -2.36. The molecule has 0 aromatic heterocycles. The number of benzene rings is 5. The van der Waals surface area contributed by atoms with Crippen LogP contribution >= 0.6 is 0 Å². The number of allylic oxidation sites excluding steroid dienone is 1. The van der Waals surface area contributed by atoms with Crippen LogP contribution in [0.25, 0.3) is 12.2 Å². The normalized spacial score (nSPS) is 12.6. The van der Waals surface area contributed by atoms with Gasteiger partial charge in [-0.25, -0.2) is 9.59 Å². The minimum Gasteiger partial charge on any atom is -0.494 e. The van der Waals surface area contributed by atoms with Gasteiger partial charge in [-0.05, 0) is 127 Å². The van der Waals surface area contributed by atoms with Crippen LogP contribution < -0.4 is 30.4 Å². The number of anilines is 2. The number of carbonyl (C=O) groups excluding carboxylic acids is 2. The highest BCUT2D eigenvalue weighted by Gasteiger charge is 2.35. The number of alkyl halides is 6. The molecule has 344 valence electrons. The van der Waals surface area contributed by atoms with Crippen LogP contribution in [-0.2, 0) is 0 Å². The molecule has 0 fully saturated rings. The maximum atomic E-state index is 12.7. The first-order valence-electron chi connectivity index (χ1n) is 20.5. The van der Waals surface area contributed by atoms with Crippen molar-refractivity contribution in [3.63, 3.8) is 0 Å². The van der Waals surface area contributed by atoms with Crippen molar-refractivity contribution in [1.29, 1.82) is 0 Å². The van der Waals surface area contributed by atoms with E-state index in [0.29, 0.717) is 40.4 Å². The van der Waals surface area contributed by atoms with Gasteiger partial charge in [-0.1, -0.05) is 54.6 Å². The summed E-state index contributed by atoms with van der Waals surface area (Å²) in [5.74, 6) is -3.21. The molecule has 1 unspecified atom stereocenters. The Bertz CT molecular complexity index is 2360. The first-order valence-corrected chi connectivity index (χ1v) is 20.5. The van der Waals surface area contributed by atoms with Crippen LogP contribution in [0.15, 0.2) is 127 Å². The van der Waals surface area contributed by atoms with Crippen LogP contribution in [0.4, 0.5) is 37.7 Å². The molecule has 0 aliphatic rings. The minimum absolute atomic E-state index is 0.104. The summed E-state index contributed by atoms with van der Waals surface area (Å²) in [5.41, 5.74) is 15.4. The van der Waals surface area contributed by atoms with Crippen molar-refractivity contribution in [1.82, 2.24) is 0 Å². The van der Waals surface area contributed by atoms with E-state index in [0.717, 1.165) is 5.56 Å². The number of ether oxygens (including phenoxy) is 4. The Hall–Kier alpha value is -6.78. The van der Waals surface area contributed by atoms with Crippen molar-refractivity contribution >= 4 is 35.5 Å². The first-order chi connectivity index (χ1) is 30.8. The van der Waals surface area contributed by atoms with Crippen LogP contribution in [0.5, 0.6) is 23.0 Å². The lowest BCUT2D eigenvalue weighted by Gasteiger charge is -2.32. The Morgan fingerprint density at radius 1 is 0.585 bits per heavy atom. The van der Waals surface area contributed by atoms with E-state index in [1.165, 1.54) is 48.5 Å². The highest BCUT2D eigenvalue weighted by Crippen LogP contribution is 2.38. The summed E-state index contributed by atoms with van der Waals surface area (Å²) < 4.78 is 95.4. The highest BCUT2D eigenvalue weighted by molar-refractivity contribution is 5.92. The number of hydrogen-bond acceptors (Lipinski definition) is 10. The Morgan fingerprint density at radius 3 is 1.45 bits per heavy atom. The fourth-order valence-corrected chi connectivity index (χ4v) is 6.46. The zero-order valence-corrected chi connectivity index (χ0v) is 35.0. The third-order valence-electron chi connectivity index (χ3n) is 9.81. The van der Waals surface area contributed by atoms with E-state index in [1.807, 2.05) is 12.2 Å². The predicted octanol–water partition coefficient (Wildman–Crippen LogP) is 11.1. The molecule has 0 aliphatic heterocycles. The second-order valence-corrected chi connectivity index (χ2v) is 15.0. The summed E-state index contributed by atoms with van der Waals surface area (Å²) in [6, 6.07) is 29.7. The molecule has 10 nitrogen and oxygen atoms in total. The van der Waals surface area contributed by atoms with Crippen LogP contribution in [0.1, 0.15) is 88.3 Å². The second kappa shape index (κ2) is 22.7. The number of halogens is 6. The predicted molar refractivity (Wildman–Crippen MR) is 234 cm³/mol.